The van der Waals surface area contributed by atoms with Crippen LogP contribution >= 0.6 is 0 Å². The second kappa shape index (κ2) is 6.55. The number of allylic oxidation sites excluding steroid dienone is 3. The Bertz CT molecular complexity index is 852. The van der Waals surface area contributed by atoms with Crippen molar-refractivity contribution >= 4 is 11.9 Å². The zero-order valence-corrected chi connectivity index (χ0v) is 15.5. The average molecular weight is 377 g/mol. The Morgan fingerprint density at radius 3 is 2.37 bits per heavy atom. The van der Waals surface area contributed by atoms with Crippen molar-refractivity contribution in [1.29, 1.82) is 0 Å². The van der Waals surface area contributed by atoms with E-state index >= 15 is 0 Å². The number of hydrogen-bond acceptors (Lipinski definition) is 3. The van der Waals surface area contributed by atoms with Gasteiger partial charge in [-0.05, 0) is 43.0 Å². The van der Waals surface area contributed by atoms with Crippen LogP contribution in [0.4, 0.5) is 13.2 Å². The quantitative estimate of drug-likeness (QED) is 0.872. The van der Waals surface area contributed by atoms with Crippen LogP contribution in [0.1, 0.15) is 32.3 Å². The van der Waals surface area contributed by atoms with Gasteiger partial charge in [0.25, 0.3) is 5.92 Å². The maximum Gasteiger partial charge on any atom is 0.266 e. The summed E-state index contributed by atoms with van der Waals surface area (Å²) in [6.07, 6.45) is 3.47. The molecule has 0 fully saturated rings. The molecule has 144 valence electrons. The minimum absolute atomic E-state index is 0.0364. The number of carbonyl (C=O) groups is 1. The van der Waals surface area contributed by atoms with Crippen LogP contribution in [-0.2, 0) is 10.3 Å². The molecule has 0 radical (unpaired) electrons. The highest BCUT2D eigenvalue weighted by atomic mass is 19.3. The van der Waals surface area contributed by atoms with Gasteiger partial charge in [0, 0.05) is 14.0 Å². The Kier molecular flexibility index (Phi) is 4.66. The van der Waals surface area contributed by atoms with Gasteiger partial charge in [-0.3, -0.25) is 9.69 Å². The molecule has 1 aromatic rings. The van der Waals surface area contributed by atoms with E-state index in [2.05, 4.69) is 4.99 Å². The third-order valence-corrected chi connectivity index (χ3v) is 5.38. The lowest BCUT2D eigenvalue weighted by molar-refractivity contribution is -0.132. The zero-order chi connectivity index (χ0) is 20.0. The van der Waals surface area contributed by atoms with Gasteiger partial charge in [-0.25, -0.2) is 18.2 Å². The number of hydrogen-bond donors (Lipinski definition) is 1. The fraction of sp³-hybridized carbons (Fsp3) is 0.400. The van der Waals surface area contributed by atoms with E-state index in [-0.39, 0.29) is 23.9 Å². The number of rotatable bonds is 3. The second-order valence-electron chi connectivity index (χ2n) is 7.28. The van der Waals surface area contributed by atoms with E-state index < -0.39 is 23.2 Å². The standard InChI is InChI=1S/C20H22F3N3O/c1-19(13-8-10-15(21)11-9-13)16(17(27)26(3)18(24)25-19)12-4-6-14(7-5-12)20(2,22)23/h4,6,8-11,16H,5,7H2,1-3H3,(H2,24,25)/t16-,19-/m1/s1. The largest absolute Gasteiger partial charge is 0.369 e. The fourth-order valence-electron chi connectivity index (χ4n) is 3.72. The van der Waals surface area contributed by atoms with Gasteiger partial charge in [0.1, 0.15) is 11.4 Å². The molecule has 2 aliphatic rings. The number of amides is 1. The third-order valence-electron chi connectivity index (χ3n) is 5.38. The van der Waals surface area contributed by atoms with Gasteiger partial charge in [0.15, 0.2) is 5.96 Å². The highest BCUT2D eigenvalue weighted by molar-refractivity contribution is 6.01. The summed E-state index contributed by atoms with van der Waals surface area (Å²) >= 11 is 0. The lowest BCUT2D eigenvalue weighted by Crippen LogP contribution is -2.54. The highest BCUT2D eigenvalue weighted by Gasteiger charge is 2.48. The SMILES string of the molecule is CN1C(=O)[C@@H](C2=CC=C(C(C)(F)F)CC2)[C@@](C)(c2ccc(F)cc2)N=C1N. The van der Waals surface area contributed by atoms with Crippen molar-refractivity contribution in [3.8, 4) is 0 Å². The molecule has 1 heterocycles. The van der Waals surface area contributed by atoms with Crippen molar-refractivity contribution in [3.63, 3.8) is 0 Å². The summed E-state index contributed by atoms with van der Waals surface area (Å²) in [6.45, 7) is 2.63. The Morgan fingerprint density at radius 1 is 1.22 bits per heavy atom. The molecule has 1 aliphatic heterocycles. The summed E-state index contributed by atoms with van der Waals surface area (Å²) < 4.78 is 40.5. The molecule has 4 nitrogen and oxygen atoms in total. The first-order valence-corrected chi connectivity index (χ1v) is 8.71. The number of alkyl halides is 2. The summed E-state index contributed by atoms with van der Waals surface area (Å²) in [5, 5.41) is 0. The van der Waals surface area contributed by atoms with Gasteiger partial charge >= 0.3 is 0 Å². The number of halogens is 3. The van der Waals surface area contributed by atoms with Crippen LogP contribution < -0.4 is 5.73 Å². The lowest BCUT2D eigenvalue weighted by Gasteiger charge is -2.42. The van der Waals surface area contributed by atoms with Crippen molar-refractivity contribution in [1.82, 2.24) is 4.90 Å². The van der Waals surface area contributed by atoms with E-state index in [1.807, 2.05) is 0 Å². The minimum atomic E-state index is -2.89. The Labute approximate surface area is 156 Å². The lowest BCUT2D eigenvalue weighted by atomic mass is 9.71. The highest BCUT2D eigenvalue weighted by Crippen LogP contribution is 2.45. The Balaban J connectivity index is 2.11. The maximum absolute atomic E-state index is 13.6. The van der Waals surface area contributed by atoms with E-state index in [9.17, 15) is 18.0 Å². The van der Waals surface area contributed by atoms with Crippen molar-refractivity contribution in [3.05, 3.63) is 58.9 Å². The molecule has 0 saturated heterocycles. The van der Waals surface area contributed by atoms with Crippen LogP contribution in [0.5, 0.6) is 0 Å². The van der Waals surface area contributed by atoms with Crippen molar-refractivity contribution in [2.45, 2.75) is 38.2 Å². The first-order valence-electron chi connectivity index (χ1n) is 8.71. The van der Waals surface area contributed by atoms with Crippen LogP contribution in [0, 0.1) is 11.7 Å². The van der Waals surface area contributed by atoms with Gasteiger partial charge in [0.05, 0.1) is 5.92 Å². The molecule has 2 N–H and O–H groups in total. The summed E-state index contributed by atoms with van der Waals surface area (Å²) in [7, 11) is 1.53. The van der Waals surface area contributed by atoms with E-state index in [0.717, 1.165) is 6.92 Å². The van der Waals surface area contributed by atoms with Gasteiger partial charge in [-0.15, -0.1) is 0 Å². The van der Waals surface area contributed by atoms with E-state index in [4.69, 9.17) is 5.73 Å². The summed E-state index contributed by atoms with van der Waals surface area (Å²) in [5.74, 6) is -4.19. The number of benzene rings is 1. The molecule has 1 aliphatic carbocycles. The molecular formula is C20H22F3N3O. The second-order valence-corrected chi connectivity index (χ2v) is 7.28. The van der Waals surface area contributed by atoms with Gasteiger partial charge in [-0.2, -0.15) is 0 Å². The van der Waals surface area contributed by atoms with Crippen molar-refractivity contribution in [2.24, 2.45) is 16.6 Å². The Morgan fingerprint density at radius 2 is 1.85 bits per heavy atom. The summed E-state index contributed by atoms with van der Waals surface area (Å²) in [6, 6.07) is 5.75. The Hall–Kier alpha value is -2.57. The molecule has 2 atom stereocenters. The van der Waals surface area contributed by atoms with Gasteiger partial charge in [-0.1, -0.05) is 29.9 Å². The maximum atomic E-state index is 13.6. The number of nitrogens with zero attached hydrogens (tertiary/aromatic N) is 2. The molecule has 0 spiro atoms. The molecule has 7 heteroatoms. The smallest absolute Gasteiger partial charge is 0.266 e. The average Bonchev–Trinajstić information content (AvgIpc) is 2.60. The van der Waals surface area contributed by atoms with Crippen molar-refractivity contribution in [2.75, 3.05) is 7.05 Å². The normalized spacial score (nSPS) is 26.4. The summed E-state index contributed by atoms with van der Waals surface area (Å²) in [4.78, 5) is 18.9. The number of guanidine groups is 1. The van der Waals surface area contributed by atoms with Crippen LogP contribution in [0.2, 0.25) is 0 Å². The van der Waals surface area contributed by atoms with Crippen LogP contribution in [0.25, 0.3) is 0 Å². The van der Waals surface area contributed by atoms with Crippen LogP contribution in [-0.4, -0.2) is 29.7 Å². The van der Waals surface area contributed by atoms with E-state index in [1.54, 1.807) is 25.1 Å². The molecule has 3 rings (SSSR count). The first kappa shape index (κ1) is 19.2. The molecule has 0 saturated carbocycles. The fourth-order valence-corrected chi connectivity index (χ4v) is 3.72. The molecule has 1 amide bonds. The number of aliphatic imine (C=N–C) groups is 1. The van der Waals surface area contributed by atoms with Crippen molar-refractivity contribution < 1.29 is 18.0 Å². The molecule has 27 heavy (non-hydrogen) atoms. The molecular weight excluding hydrogens is 355 g/mol. The zero-order valence-electron chi connectivity index (χ0n) is 15.5. The molecule has 0 unspecified atom stereocenters. The molecule has 1 aromatic carbocycles. The number of carbonyl (C=O) groups excluding carboxylic acids is 1. The van der Waals surface area contributed by atoms with Crippen LogP contribution in [0.3, 0.4) is 0 Å². The van der Waals surface area contributed by atoms with Crippen LogP contribution in [0.15, 0.2) is 52.6 Å². The monoisotopic (exact) mass is 377 g/mol. The van der Waals surface area contributed by atoms with E-state index in [0.29, 0.717) is 17.6 Å². The van der Waals surface area contributed by atoms with E-state index in [1.165, 1.54) is 30.2 Å². The first-order chi connectivity index (χ1) is 12.5. The molecule has 0 aromatic heterocycles. The predicted molar refractivity (Wildman–Crippen MR) is 97.7 cm³/mol. The molecule has 0 bridgehead atoms. The topological polar surface area (TPSA) is 58.7 Å². The predicted octanol–water partition coefficient (Wildman–Crippen LogP) is 3.75. The minimum Gasteiger partial charge on any atom is -0.369 e. The number of nitrogens with two attached hydrogens (primary N) is 1. The third kappa shape index (κ3) is 3.38. The summed E-state index contributed by atoms with van der Waals surface area (Å²) in [5.41, 5.74) is 6.27. The van der Waals surface area contributed by atoms with Gasteiger partial charge in [0.2, 0.25) is 5.91 Å². The van der Waals surface area contributed by atoms with Gasteiger partial charge < -0.3 is 5.73 Å².